The quantitative estimate of drug-likeness (QED) is 0.545. The second-order valence-electron chi connectivity index (χ2n) is 8.15. The minimum absolute atomic E-state index is 0.0266. The lowest BCUT2D eigenvalue weighted by Gasteiger charge is -2.25. The molecule has 2 aromatic rings. The molecule has 0 saturated carbocycles. The monoisotopic (exact) mass is 508 g/mol. The van der Waals surface area contributed by atoms with Crippen LogP contribution in [-0.4, -0.2) is 58.9 Å². The number of thioether (sulfide) groups is 1. The van der Waals surface area contributed by atoms with Crippen LogP contribution in [0.1, 0.15) is 30.9 Å². The SMILES string of the molecule is CCOC(=O)CSC1=Nc2ccccc2C2=N[C@H](CCC(=O)NCc3ccc4c(c3)OCO4)C(=O)N12. The van der Waals surface area contributed by atoms with Crippen LogP contribution in [0.2, 0.25) is 0 Å². The van der Waals surface area contributed by atoms with Gasteiger partial charge in [-0.3, -0.25) is 19.4 Å². The number of rotatable bonds is 8. The fourth-order valence-corrected chi connectivity index (χ4v) is 4.82. The van der Waals surface area contributed by atoms with Crippen molar-refractivity contribution in [3.8, 4) is 11.5 Å². The first-order valence-electron chi connectivity index (χ1n) is 11.6. The molecule has 2 amide bonds. The van der Waals surface area contributed by atoms with E-state index in [0.29, 0.717) is 34.7 Å². The van der Waals surface area contributed by atoms with Crippen molar-refractivity contribution in [2.24, 2.45) is 9.98 Å². The predicted octanol–water partition coefficient (Wildman–Crippen LogP) is 2.77. The second-order valence-corrected chi connectivity index (χ2v) is 9.09. The van der Waals surface area contributed by atoms with Gasteiger partial charge in [-0.15, -0.1) is 0 Å². The summed E-state index contributed by atoms with van der Waals surface area (Å²) in [5.41, 5.74) is 2.30. The van der Waals surface area contributed by atoms with E-state index in [2.05, 4.69) is 15.3 Å². The van der Waals surface area contributed by atoms with Gasteiger partial charge in [-0.1, -0.05) is 30.0 Å². The lowest BCUT2D eigenvalue weighted by Crippen LogP contribution is -2.41. The average Bonchev–Trinajstić information content (AvgIpc) is 3.49. The van der Waals surface area contributed by atoms with Gasteiger partial charge in [-0.25, -0.2) is 9.89 Å². The van der Waals surface area contributed by atoms with E-state index in [-0.39, 0.29) is 49.8 Å². The number of hydrogen-bond donors (Lipinski definition) is 1. The molecule has 11 heteroatoms. The molecule has 10 nitrogen and oxygen atoms in total. The molecule has 0 aliphatic carbocycles. The average molecular weight is 509 g/mol. The molecule has 1 N–H and O–H groups in total. The molecule has 0 spiro atoms. The lowest BCUT2D eigenvalue weighted by molar-refractivity contribution is -0.139. The van der Waals surface area contributed by atoms with E-state index >= 15 is 0 Å². The number of benzene rings is 2. The number of hydrogen-bond acceptors (Lipinski definition) is 9. The van der Waals surface area contributed by atoms with E-state index in [1.54, 1.807) is 6.92 Å². The van der Waals surface area contributed by atoms with Gasteiger partial charge in [0.1, 0.15) is 11.9 Å². The summed E-state index contributed by atoms with van der Waals surface area (Å²) in [5.74, 6) is 1.02. The molecule has 0 aromatic heterocycles. The number of carbonyl (C=O) groups is 3. The number of amidine groups is 2. The molecule has 0 fully saturated rings. The van der Waals surface area contributed by atoms with Crippen LogP contribution >= 0.6 is 11.8 Å². The molecule has 36 heavy (non-hydrogen) atoms. The maximum atomic E-state index is 13.3. The van der Waals surface area contributed by atoms with Crippen LogP contribution in [0.4, 0.5) is 5.69 Å². The minimum Gasteiger partial charge on any atom is -0.465 e. The van der Waals surface area contributed by atoms with Gasteiger partial charge in [0.15, 0.2) is 16.7 Å². The summed E-state index contributed by atoms with van der Waals surface area (Å²) < 4.78 is 15.7. The summed E-state index contributed by atoms with van der Waals surface area (Å²) in [6.45, 7) is 2.55. The number of amides is 2. The van der Waals surface area contributed by atoms with Crippen LogP contribution in [0.15, 0.2) is 52.4 Å². The van der Waals surface area contributed by atoms with E-state index < -0.39 is 6.04 Å². The van der Waals surface area contributed by atoms with Crippen molar-refractivity contribution >= 4 is 46.2 Å². The maximum Gasteiger partial charge on any atom is 0.316 e. The Hall–Kier alpha value is -3.86. The van der Waals surface area contributed by atoms with E-state index in [1.807, 2.05) is 42.5 Å². The summed E-state index contributed by atoms with van der Waals surface area (Å²) in [7, 11) is 0. The number of nitrogens with one attached hydrogen (secondary N) is 1. The van der Waals surface area contributed by atoms with Crippen LogP contribution in [0.3, 0.4) is 0 Å². The van der Waals surface area contributed by atoms with Gasteiger partial charge >= 0.3 is 5.97 Å². The van der Waals surface area contributed by atoms with Crippen molar-refractivity contribution in [1.29, 1.82) is 0 Å². The van der Waals surface area contributed by atoms with Crippen LogP contribution < -0.4 is 14.8 Å². The van der Waals surface area contributed by atoms with E-state index in [9.17, 15) is 14.4 Å². The Morgan fingerprint density at radius 1 is 1.19 bits per heavy atom. The smallest absolute Gasteiger partial charge is 0.316 e. The fraction of sp³-hybridized carbons (Fsp3) is 0.320. The predicted molar refractivity (Wildman–Crippen MR) is 133 cm³/mol. The van der Waals surface area contributed by atoms with Gasteiger partial charge in [-0.05, 0) is 43.2 Å². The highest BCUT2D eigenvalue weighted by Crippen LogP contribution is 2.34. The van der Waals surface area contributed by atoms with Crippen molar-refractivity contribution in [1.82, 2.24) is 10.2 Å². The van der Waals surface area contributed by atoms with Crippen molar-refractivity contribution in [2.75, 3.05) is 19.2 Å². The minimum atomic E-state index is -0.712. The van der Waals surface area contributed by atoms with Crippen molar-refractivity contribution in [3.05, 3.63) is 53.6 Å². The van der Waals surface area contributed by atoms with Gasteiger partial charge in [0.2, 0.25) is 12.7 Å². The van der Waals surface area contributed by atoms with Crippen LogP contribution in [0.25, 0.3) is 0 Å². The molecule has 5 rings (SSSR count). The molecule has 0 bridgehead atoms. The fourth-order valence-electron chi connectivity index (χ4n) is 4.02. The Balaban J connectivity index is 1.22. The molecule has 0 radical (unpaired) electrons. The van der Waals surface area contributed by atoms with Gasteiger partial charge in [0.05, 0.1) is 18.0 Å². The number of para-hydroxylation sites is 1. The molecule has 186 valence electrons. The molecular formula is C25H24N4O6S. The van der Waals surface area contributed by atoms with Crippen LogP contribution in [0, 0.1) is 0 Å². The highest BCUT2D eigenvalue weighted by atomic mass is 32.2. The Morgan fingerprint density at radius 3 is 2.89 bits per heavy atom. The van der Waals surface area contributed by atoms with Crippen molar-refractivity contribution in [3.63, 3.8) is 0 Å². The van der Waals surface area contributed by atoms with E-state index in [1.165, 1.54) is 4.90 Å². The summed E-state index contributed by atoms with van der Waals surface area (Å²) in [6.07, 6.45) is 0.388. The van der Waals surface area contributed by atoms with Crippen LogP contribution in [-0.2, 0) is 25.7 Å². The Bertz CT molecular complexity index is 1280. The first-order chi connectivity index (χ1) is 17.5. The third kappa shape index (κ3) is 4.92. The third-order valence-electron chi connectivity index (χ3n) is 5.74. The highest BCUT2D eigenvalue weighted by Gasteiger charge is 2.41. The maximum absolute atomic E-state index is 13.3. The lowest BCUT2D eigenvalue weighted by atomic mass is 10.1. The first-order valence-corrected chi connectivity index (χ1v) is 12.6. The Kier molecular flexibility index (Phi) is 6.90. The number of esters is 1. The normalized spacial score (nSPS) is 17.2. The Labute approximate surface area is 211 Å². The van der Waals surface area contributed by atoms with Crippen LogP contribution in [0.5, 0.6) is 11.5 Å². The molecule has 0 unspecified atom stereocenters. The second kappa shape index (κ2) is 10.4. The topological polar surface area (TPSA) is 119 Å². The van der Waals surface area contributed by atoms with E-state index in [4.69, 9.17) is 14.2 Å². The number of fused-ring (bicyclic) bond motifs is 4. The number of aliphatic imine (C=N–C) groups is 2. The molecule has 3 heterocycles. The Morgan fingerprint density at radius 2 is 2.03 bits per heavy atom. The number of carbonyl (C=O) groups excluding carboxylic acids is 3. The van der Waals surface area contributed by atoms with Gasteiger partial charge < -0.3 is 19.5 Å². The van der Waals surface area contributed by atoms with Gasteiger partial charge in [-0.2, -0.15) is 0 Å². The van der Waals surface area contributed by atoms with E-state index in [0.717, 1.165) is 22.9 Å². The zero-order valence-corrected chi connectivity index (χ0v) is 20.4. The first kappa shape index (κ1) is 23.9. The largest absolute Gasteiger partial charge is 0.465 e. The highest BCUT2D eigenvalue weighted by molar-refractivity contribution is 8.14. The van der Waals surface area contributed by atoms with Crippen molar-refractivity contribution < 1.29 is 28.6 Å². The molecule has 1 atom stereocenters. The molecular weight excluding hydrogens is 484 g/mol. The van der Waals surface area contributed by atoms with Crippen molar-refractivity contribution in [2.45, 2.75) is 32.4 Å². The summed E-state index contributed by atoms with van der Waals surface area (Å²) in [4.78, 5) is 48.3. The standard InChI is InChI=1S/C25H24N4O6S/c1-2-33-22(31)13-36-25-28-17-6-4-3-5-16(17)23-27-18(24(32)29(23)25)8-10-21(30)26-12-15-7-9-19-20(11-15)35-14-34-19/h3-7,9,11,18H,2,8,10,12-14H2,1H3,(H,26,30)/t18-/m1/s1. The zero-order chi connectivity index (χ0) is 25.1. The van der Waals surface area contributed by atoms with Gasteiger partial charge in [0, 0.05) is 18.5 Å². The molecule has 2 aromatic carbocycles. The summed E-state index contributed by atoms with van der Waals surface area (Å²) in [6, 6.07) is 12.2. The number of nitrogens with zero attached hydrogens (tertiary/aromatic N) is 3. The number of ether oxygens (including phenoxy) is 3. The zero-order valence-electron chi connectivity index (χ0n) is 19.6. The molecule has 3 aliphatic rings. The third-order valence-corrected chi connectivity index (χ3v) is 6.66. The summed E-state index contributed by atoms with van der Waals surface area (Å²) in [5, 5.41) is 3.25. The summed E-state index contributed by atoms with van der Waals surface area (Å²) >= 11 is 1.13. The molecule has 0 saturated heterocycles. The molecule has 3 aliphatic heterocycles. The van der Waals surface area contributed by atoms with Gasteiger partial charge in [0.25, 0.3) is 5.91 Å².